The quantitative estimate of drug-likeness (QED) is 0.151. The molecule has 2 aliphatic carbocycles. The Labute approximate surface area is 281 Å². The summed E-state index contributed by atoms with van der Waals surface area (Å²) in [5, 5.41) is 0. The van der Waals surface area contributed by atoms with Gasteiger partial charge in [0, 0.05) is 18.6 Å². The number of hydrogen-bond acceptors (Lipinski definition) is 5. The van der Waals surface area contributed by atoms with Crippen LogP contribution in [0.2, 0.25) is 0 Å². The van der Waals surface area contributed by atoms with Crippen molar-refractivity contribution in [3.05, 3.63) is 58.6 Å². The van der Waals surface area contributed by atoms with E-state index in [1.165, 1.54) is 29.8 Å². The first kappa shape index (κ1) is 38.3. The van der Waals surface area contributed by atoms with E-state index >= 15 is 0 Å². The summed E-state index contributed by atoms with van der Waals surface area (Å²) in [4.78, 5) is 28.6. The molecule has 46 heavy (non-hydrogen) atoms. The van der Waals surface area contributed by atoms with Gasteiger partial charge in [-0.1, -0.05) is 85.6 Å². The number of ether oxygens (including phenoxy) is 3. The first-order valence-electron chi connectivity index (χ1n) is 16.5. The van der Waals surface area contributed by atoms with Gasteiger partial charge in [0.05, 0.1) is 5.41 Å². The predicted octanol–water partition coefficient (Wildman–Crippen LogP) is 10.1. The molecule has 3 rings (SSSR count). The lowest BCUT2D eigenvalue weighted by atomic mass is 9.61. The van der Waals surface area contributed by atoms with E-state index in [1.54, 1.807) is 26.8 Å². The second kappa shape index (κ2) is 15.4. The number of allylic oxidation sites excluding steroid dienone is 1. The maximum Gasteiger partial charge on any atom is 0.432 e. The van der Waals surface area contributed by atoms with Crippen LogP contribution >= 0.6 is 15.9 Å². The SMILES string of the molecule is C=C(COC(=O)C(C)(C)C)[C@H](CCC)[C@H](C[C@@H](C)[C@H]1CC[C@H]2/C(=C/Br)CCC[C@]12C)OC(=O)[C@@](OC)(c1ccccc1)C(F)(F)F. The van der Waals surface area contributed by atoms with E-state index in [-0.39, 0.29) is 23.5 Å². The van der Waals surface area contributed by atoms with Gasteiger partial charge in [-0.25, -0.2) is 4.79 Å². The fraction of sp³-hybridized carbons (Fsp3) is 0.676. The van der Waals surface area contributed by atoms with E-state index in [2.05, 4.69) is 41.3 Å². The molecule has 0 saturated heterocycles. The van der Waals surface area contributed by atoms with Crippen LogP contribution in [-0.2, 0) is 29.4 Å². The lowest BCUT2D eigenvalue weighted by Gasteiger charge is -2.45. The molecule has 7 atom stereocenters. The van der Waals surface area contributed by atoms with Crippen LogP contribution in [-0.4, -0.2) is 37.9 Å². The molecule has 0 heterocycles. The maximum atomic E-state index is 14.9. The van der Waals surface area contributed by atoms with Gasteiger partial charge >= 0.3 is 18.1 Å². The number of rotatable bonds is 13. The highest BCUT2D eigenvalue weighted by atomic mass is 79.9. The first-order chi connectivity index (χ1) is 21.5. The van der Waals surface area contributed by atoms with Crippen molar-refractivity contribution in [2.45, 2.75) is 111 Å². The Morgan fingerprint density at radius 3 is 2.33 bits per heavy atom. The molecule has 0 bridgehead atoms. The number of methoxy groups -OCH3 is 1. The van der Waals surface area contributed by atoms with Crippen LogP contribution < -0.4 is 0 Å². The average molecular weight is 714 g/mol. The van der Waals surface area contributed by atoms with Crippen LogP contribution in [0.25, 0.3) is 0 Å². The Morgan fingerprint density at radius 2 is 1.78 bits per heavy atom. The highest BCUT2D eigenvalue weighted by molar-refractivity contribution is 9.11. The third-order valence-corrected chi connectivity index (χ3v) is 11.1. The molecule has 0 aromatic heterocycles. The first-order valence-corrected chi connectivity index (χ1v) is 17.4. The lowest BCUT2D eigenvalue weighted by Crippen LogP contribution is -2.53. The zero-order valence-electron chi connectivity index (χ0n) is 28.5. The summed E-state index contributed by atoms with van der Waals surface area (Å²) in [7, 11) is 0.880. The minimum Gasteiger partial charge on any atom is -0.461 e. The summed E-state index contributed by atoms with van der Waals surface area (Å²) in [6, 6.07) is 6.89. The molecule has 2 aliphatic rings. The van der Waals surface area contributed by atoms with Crippen LogP contribution in [0, 0.1) is 34.5 Å². The maximum absolute atomic E-state index is 14.9. The van der Waals surface area contributed by atoms with Crippen molar-refractivity contribution in [3.63, 3.8) is 0 Å². The molecule has 0 N–H and O–H groups in total. The Morgan fingerprint density at radius 1 is 1.13 bits per heavy atom. The molecular weight excluding hydrogens is 661 g/mol. The molecule has 0 aliphatic heterocycles. The van der Waals surface area contributed by atoms with Gasteiger partial charge in [-0.2, -0.15) is 13.2 Å². The molecule has 5 nitrogen and oxygen atoms in total. The van der Waals surface area contributed by atoms with E-state index in [0.29, 0.717) is 36.7 Å². The van der Waals surface area contributed by atoms with Crippen molar-refractivity contribution in [2.24, 2.45) is 34.5 Å². The summed E-state index contributed by atoms with van der Waals surface area (Å²) < 4.78 is 61.4. The number of carbonyl (C=O) groups is 2. The van der Waals surface area contributed by atoms with Crippen molar-refractivity contribution < 1.29 is 37.0 Å². The second-order valence-corrected chi connectivity index (χ2v) is 15.0. The van der Waals surface area contributed by atoms with E-state index in [1.807, 2.05) is 6.92 Å². The minimum absolute atomic E-state index is 0.0336. The Kier molecular flexibility index (Phi) is 12.8. The van der Waals surface area contributed by atoms with Gasteiger partial charge in [0.15, 0.2) is 0 Å². The van der Waals surface area contributed by atoms with Crippen molar-refractivity contribution in [2.75, 3.05) is 13.7 Å². The van der Waals surface area contributed by atoms with E-state index in [9.17, 15) is 22.8 Å². The third-order valence-electron chi connectivity index (χ3n) is 10.5. The van der Waals surface area contributed by atoms with Crippen molar-refractivity contribution in [3.8, 4) is 0 Å². The molecule has 2 saturated carbocycles. The molecule has 0 unspecified atom stereocenters. The molecule has 2 fully saturated rings. The highest BCUT2D eigenvalue weighted by Crippen LogP contribution is 2.60. The van der Waals surface area contributed by atoms with E-state index in [4.69, 9.17) is 14.2 Å². The number of hydrogen-bond donors (Lipinski definition) is 0. The third kappa shape index (κ3) is 7.94. The molecule has 258 valence electrons. The van der Waals surface area contributed by atoms with Gasteiger partial charge in [0.2, 0.25) is 0 Å². The van der Waals surface area contributed by atoms with Crippen LogP contribution in [0.3, 0.4) is 0 Å². The highest BCUT2D eigenvalue weighted by Gasteiger charge is 2.64. The van der Waals surface area contributed by atoms with Crippen LogP contribution in [0.5, 0.6) is 0 Å². The van der Waals surface area contributed by atoms with Gasteiger partial charge in [-0.3, -0.25) is 4.79 Å². The summed E-state index contributed by atoms with van der Waals surface area (Å²) in [5.74, 6) is -1.69. The van der Waals surface area contributed by atoms with Crippen LogP contribution in [0.4, 0.5) is 13.2 Å². The molecule has 0 radical (unpaired) electrons. The van der Waals surface area contributed by atoms with Crippen LogP contribution in [0.1, 0.15) is 98.5 Å². The van der Waals surface area contributed by atoms with E-state index < -0.39 is 41.2 Å². The minimum atomic E-state index is -5.09. The zero-order chi connectivity index (χ0) is 34.5. The summed E-state index contributed by atoms with van der Waals surface area (Å²) in [6.07, 6.45) is 0.724. The number of benzene rings is 1. The standard InChI is InChI=1S/C37H52BrF3O5/c1-9-14-28(25(3)23-45-32(42)34(4,5)6)31(21-24(2)29-18-19-30-26(22-38)15-13-20-35(29,30)7)46-33(43)36(44-8,37(39,40)41)27-16-11-10-12-17-27/h10-12,16-17,22,24,28-31H,3,9,13-15,18-21,23H2,1-2,4-8H3/b26-22+/t24-,28+,29-,30+,31+,35-,36+/m1/s1. The van der Waals surface area contributed by atoms with Gasteiger partial charge in [-0.15, -0.1) is 0 Å². The van der Waals surface area contributed by atoms with Gasteiger partial charge < -0.3 is 14.2 Å². The zero-order valence-corrected chi connectivity index (χ0v) is 30.1. The number of carbonyl (C=O) groups excluding carboxylic acids is 2. The summed E-state index contributed by atoms with van der Waals surface area (Å²) >= 11 is 3.58. The predicted molar refractivity (Wildman–Crippen MR) is 178 cm³/mol. The smallest absolute Gasteiger partial charge is 0.432 e. The fourth-order valence-corrected chi connectivity index (χ4v) is 8.57. The Hall–Kier alpha value is -2.13. The molecular formula is C37H52BrF3O5. The van der Waals surface area contributed by atoms with Crippen LogP contribution in [0.15, 0.2) is 53.0 Å². The van der Waals surface area contributed by atoms with Crippen molar-refractivity contribution >= 4 is 27.9 Å². The average Bonchev–Trinajstić information content (AvgIpc) is 3.35. The molecule has 0 amide bonds. The second-order valence-electron chi connectivity index (χ2n) is 14.6. The largest absolute Gasteiger partial charge is 0.461 e. The summed E-state index contributed by atoms with van der Waals surface area (Å²) in [5.41, 5.74) is -2.43. The van der Waals surface area contributed by atoms with Crippen molar-refractivity contribution in [1.82, 2.24) is 0 Å². The molecule has 9 heteroatoms. The Balaban J connectivity index is 2.02. The van der Waals surface area contributed by atoms with E-state index in [0.717, 1.165) is 39.2 Å². The number of alkyl halides is 3. The van der Waals surface area contributed by atoms with Gasteiger partial charge in [0.25, 0.3) is 5.60 Å². The number of fused-ring (bicyclic) bond motifs is 1. The normalized spacial score (nSPS) is 26.0. The monoisotopic (exact) mass is 712 g/mol. The molecule has 1 aromatic carbocycles. The Bertz CT molecular complexity index is 1240. The van der Waals surface area contributed by atoms with Gasteiger partial charge in [-0.05, 0) is 99.4 Å². The van der Waals surface area contributed by atoms with Gasteiger partial charge in [0.1, 0.15) is 12.7 Å². The number of halogens is 4. The van der Waals surface area contributed by atoms with Crippen molar-refractivity contribution in [1.29, 1.82) is 0 Å². The molecule has 0 spiro atoms. The molecule has 1 aromatic rings. The summed E-state index contributed by atoms with van der Waals surface area (Å²) in [6.45, 7) is 15.8. The number of esters is 2. The topological polar surface area (TPSA) is 61.8 Å². The fourth-order valence-electron chi connectivity index (χ4n) is 8.02. The lowest BCUT2D eigenvalue weighted by molar-refractivity contribution is -0.279.